The van der Waals surface area contributed by atoms with E-state index in [9.17, 15) is 5.11 Å². The molecule has 0 bridgehead atoms. The number of methoxy groups -OCH3 is 1. The van der Waals surface area contributed by atoms with Crippen LogP contribution in [0.1, 0.15) is 30.7 Å². The van der Waals surface area contributed by atoms with Crippen LogP contribution in [0.3, 0.4) is 0 Å². The molecule has 1 atom stereocenters. The van der Waals surface area contributed by atoms with E-state index in [-0.39, 0.29) is 24.0 Å². The summed E-state index contributed by atoms with van der Waals surface area (Å²) >= 11 is 1.64. The number of ether oxygens (including phenoxy) is 1. The van der Waals surface area contributed by atoms with Crippen molar-refractivity contribution in [3.8, 4) is 0 Å². The van der Waals surface area contributed by atoms with Gasteiger partial charge in [0, 0.05) is 36.3 Å². The fraction of sp³-hybridized carbons (Fsp3) is 0.591. The number of hydrogen-bond acceptors (Lipinski definition) is 5. The molecule has 3 N–H and O–H groups in total. The first-order valence-corrected chi connectivity index (χ1v) is 11.4. The van der Waals surface area contributed by atoms with Gasteiger partial charge in [-0.2, -0.15) is 0 Å². The van der Waals surface area contributed by atoms with Crippen LogP contribution in [-0.4, -0.2) is 69.0 Å². The molecule has 0 saturated carbocycles. The predicted octanol–water partition coefficient (Wildman–Crippen LogP) is 3.47. The van der Waals surface area contributed by atoms with Crippen LogP contribution < -0.4 is 10.6 Å². The van der Waals surface area contributed by atoms with Gasteiger partial charge in [-0.1, -0.05) is 18.2 Å². The van der Waals surface area contributed by atoms with Crippen LogP contribution in [0.4, 0.5) is 0 Å². The molecule has 1 aromatic carbocycles. The van der Waals surface area contributed by atoms with E-state index in [2.05, 4.69) is 45.6 Å². The average molecular weight is 547 g/mol. The molecule has 0 radical (unpaired) electrons. The average Bonchev–Trinajstić information content (AvgIpc) is 3.19. The molecule has 1 saturated heterocycles. The van der Waals surface area contributed by atoms with Gasteiger partial charge in [0.15, 0.2) is 5.96 Å². The van der Waals surface area contributed by atoms with Crippen molar-refractivity contribution >= 4 is 51.4 Å². The number of hydrogen-bond donors (Lipinski definition) is 3. The van der Waals surface area contributed by atoms with Crippen molar-refractivity contribution in [2.45, 2.75) is 25.9 Å². The van der Waals surface area contributed by atoms with Crippen molar-refractivity contribution in [3.05, 3.63) is 35.2 Å². The van der Waals surface area contributed by atoms with Gasteiger partial charge in [0.2, 0.25) is 0 Å². The van der Waals surface area contributed by atoms with Crippen LogP contribution in [0.5, 0.6) is 0 Å². The number of fused-ring (bicyclic) bond motifs is 1. The van der Waals surface area contributed by atoms with Crippen molar-refractivity contribution in [1.29, 1.82) is 0 Å². The lowest BCUT2D eigenvalue weighted by Crippen LogP contribution is -2.43. The summed E-state index contributed by atoms with van der Waals surface area (Å²) in [4.78, 5) is 8.06. The van der Waals surface area contributed by atoms with E-state index < -0.39 is 6.10 Å². The second-order valence-electron chi connectivity index (χ2n) is 7.58. The molecule has 1 aromatic heterocycles. The van der Waals surface area contributed by atoms with E-state index in [0.29, 0.717) is 12.5 Å². The maximum atomic E-state index is 10.6. The van der Waals surface area contributed by atoms with Gasteiger partial charge in [0.25, 0.3) is 0 Å². The minimum Gasteiger partial charge on any atom is -0.386 e. The van der Waals surface area contributed by atoms with E-state index in [1.165, 1.54) is 22.9 Å². The number of halogens is 1. The quantitative estimate of drug-likeness (QED) is 0.256. The van der Waals surface area contributed by atoms with Crippen LogP contribution in [-0.2, 0) is 4.74 Å². The lowest BCUT2D eigenvalue weighted by atomic mass is 9.97. The number of likely N-dealkylation sites (tertiary alicyclic amines) is 1. The van der Waals surface area contributed by atoms with E-state index >= 15 is 0 Å². The van der Waals surface area contributed by atoms with Crippen molar-refractivity contribution in [2.24, 2.45) is 10.9 Å². The number of thiophene rings is 1. The first kappa shape index (κ1) is 25.3. The minimum atomic E-state index is -0.577. The summed E-state index contributed by atoms with van der Waals surface area (Å²) in [6, 6.07) is 10.3. The monoisotopic (exact) mass is 546 g/mol. The number of rotatable bonds is 9. The summed E-state index contributed by atoms with van der Waals surface area (Å²) in [5.74, 6) is 1.44. The molecule has 0 amide bonds. The maximum absolute atomic E-state index is 10.6. The van der Waals surface area contributed by atoms with E-state index in [0.717, 1.165) is 50.2 Å². The maximum Gasteiger partial charge on any atom is 0.191 e. The number of benzene rings is 1. The highest BCUT2D eigenvalue weighted by Gasteiger charge is 2.19. The molecule has 6 nitrogen and oxygen atoms in total. The third kappa shape index (κ3) is 7.64. The summed E-state index contributed by atoms with van der Waals surface area (Å²) in [7, 11) is 1.76. The number of nitrogens with zero attached hydrogens (tertiary/aromatic N) is 2. The second kappa shape index (κ2) is 13.5. The summed E-state index contributed by atoms with van der Waals surface area (Å²) in [5, 5.41) is 18.5. The van der Waals surface area contributed by atoms with Gasteiger partial charge in [-0.15, -0.1) is 35.3 Å². The molecule has 1 unspecified atom stereocenters. The largest absolute Gasteiger partial charge is 0.386 e. The Morgan fingerprint density at radius 2 is 2.07 bits per heavy atom. The fourth-order valence-electron chi connectivity index (χ4n) is 3.65. The fourth-order valence-corrected chi connectivity index (χ4v) is 4.69. The highest BCUT2D eigenvalue weighted by molar-refractivity contribution is 14.0. The SMILES string of the molecule is CCNC(=NCC(O)c1cc2ccccc2s1)NCC1CCN(CCOC)CC1.I. The Kier molecular flexibility index (Phi) is 11.4. The zero-order valence-electron chi connectivity index (χ0n) is 18.0. The Morgan fingerprint density at radius 1 is 1.30 bits per heavy atom. The van der Waals surface area contributed by atoms with Crippen LogP contribution in [0, 0.1) is 5.92 Å². The number of aliphatic imine (C=N–C) groups is 1. The smallest absolute Gasteiger partial charge is 0.191 e. The number of aliphatic hydroxyl groups excluding tert-OH is 1. The first-order chi connectivity index (χ1) is 14.2. The lowest BCUT2D eigenvalue weighted by molar-refractivity contribution is 0.121. The standard InChI is InChI=1S/C22H34N4O2S.HI/c1-3-23-22(24-15-17-8-10-26(11-9-17)12-13-28-2)25-16-19(27)21-14-18-6-4-5-7-20(18)29-21;/h4-7,14,17,19,27H,3,8-13,15-16H2,1-2H3,(H2,23,24,25);1H. The molecule has 1 fully saturated rings. The number of aliphatic hydroxyl groups is 1. The summed E-state index contributed by atoms with van der Waals surface area (Å²) in [6.07, 6.45) is 1.81. The molecular weight excluding hydrogens is 511 g/mol. The second-order valence-corrected chi connectivity index (χ2v) is 8.70. The summed E-state index contributed by atoms with van der Waals surface area (Å²) in [5.41, 5.74) is 0. The summed E-state index contributed by atoms with van der Waals surface area (Å²) < 4.78 is 6.38. The molecule has 1 aliphatic rings. The van der Waals surface area contributed by atoms with E-state index in [4.69, 9.17) is 4.74 Å². The molecule has 30 heavy (non-hydrogen) atoms. The van der Waals surface area contributed by atoms with Gasteiger partial charge in [-0.05, 0) is 56.3 Å². The molecule has 3 rings (SSSR count). The highest BCUT2D eigenvalue weighted by Crippen LogP contribution is 2.29. The molecule has 168 valence electrons. The molecule has 8 heteroatoms. The highest BCUT2D eigenvalue weighted by atomic mass is 127. The first-order valence-electron chi connectivity index (χ1n) is 10.6. The van der Waals surface area contributed by atoms with Gasteiger partial charge in [-0.3, -0.25) is 4.99 Å². The van der Waals surface area contributed by atoms with Crippen molar-refractivity contribution in [3.63, 3.8) is 0 Å². The third-order valence-electron chi connectivity index (χ3n) is 5.42. The van der Waals surface area contributed by atoms with Crippen LogP contribution in [0.25, 0.3) is 10.1 Å². The molecule has 2 aromatic rings. The molecular formula is C22H35IN4O2S. The lowest BCUT2D eigenvalue weighted by Gasteiger charge is -2.32. The Balaban J connectivity index is 0.00000320. The van der Waals surface area contributed by atoms with Gasteiger partial charge in [-0.25, -0.2) is 0 Å². The Bertz CT molecular complexity index is 744. The zero-order chi connectivity index (χ0) is 20.5. The summed E-state index contributed by atoms with van der Waals surface area (Å²) in [6.45, 7) is 8.25. The van der Waals surface area contributed by atoms with Crippen molar-refractivity contribution in [2.75, 3.05) is 53.0 Å². The van der Waals surface area contributed by atoms with Gasteiger partial charge < -0.3 is 25.4 Å². The van der Waals surface area contributed by atoms with Gasteiger partial charge in [0.1, 0.15) is 6.10 Å². The van der Waals surface area contributed by atoms with E-state index in [1.807, 2.05) is 12.1 Å². The molecule has 0 aliphatic carbocycles. The van der Waals surface area contributed by atoms with Crippen molar-refractivity contribution < 1.29 is 9.84 Å². The molecule has 1 aliphatic heterocycles. The Morgan fingerprint density at radius 3 is 2.77 bits per heavy atom. The third-order valence-corrected chi connectivity index (χ3v) is 6.63. The zero-order valence-corrected chi connectivity index (χ0v) is 21.1. The number of piperidine rings is 1. The number of nitrogens with one attached hydrogen (secondary N) is 2. The van der Waals surface area contributed by atoms with Gasteiger partial charge in [0.05, 0.1) is 13.2 Å². The van der Waals surface area contributed by atoms with Crippen molar-refractivity contribution in [1.82, 2.24) is 15.5 Å². The Labute approximate surface area is 201 Å². The molecule has 0 spiro atoms. The van der Waals surface area contributed by atoms with Gasteiger partial charge >= 0.3 is 0 Å². The predicted molar refractivity (Wildman–Crippen MR) is 137 cm³/mol. The minimum absolute atomic E-state index is 0. The van der Waals surface area contributed by atoms with E-state index in [1.54, 1.807) is 18.4 Å². The molecule has 2 heterocycles. The topological polar surface area (TPSA) is 69.1 Å². The van der Waals surface area contributed by atoms with Crippen LogP contribution >= 0.6 is 35.3 Å². The normalized spacial score (nSPS) is 17.0. The number of guanidine groups is 1. The van der Waals surface area contributed by atoms with Crippen LogP contribution in [0.2, 0.25) is 0 Å². The Hall–Kier alpha value is -0.940. The van der Waals surface area contributed by atoms with Crippen LogP contribution in [0.15, 0.2) is 35.3 Å².